The molecule has 0 aliphatic carbocycles. The van der Waals surface area contributed by atoms with Gasteiger partial charge in [-0.15, -0.1) is 6.58 Å². The van der Waals surface area contributed by atoms with E-state index in [0.717, 1.165) is 5.47 Å². The molecule has 0 N–H and O–H groups in total. The van der Waals surface area contributed by atoms with Crippen LogP contribution in [0.3, 0.4) is 0 Å². The van der Waals surface area contributed by atoms with Crippen LogP contribution in [0.25, 0.3) is 0 Å². The van der Waals surface area contributed by atoms with Gasteiger partial charge in [-0.3, -0.25) is 0 Å². The van der Waals surface area contributed by atoms with Crippen molar-refractivity contribution in [1.82, 2.24) is 0 Å². The van der Waals surface area contributed by atoms with E-state index in [-0.39, 0.29) is 12.7 Å². The van der Waals surface area contributed by atoms with Gasteiger partial charge in [0.15, 0.2) is 0 Å². The molecule has 0 spiro atoms. The molecule has 1 aliphatic rings. The molecule has 0 aromatic rings. The molecule has 1 rings (SSSR count). The van der Waals surface area contributed by atoms with Gasteiger partial charge < -0.3 is 9.31 Å². The van der Waals surface area contributed by atoms with Gasteiger partial charge in [-0.05, 0) is 11.0 Å². The Morgan fingerprint density at radius 2 is 2.10 bits per heavy atom. The molecule has 1 atom stereocenters. The van der Waals surface area contributed by atoms with Crippen molar-refractivity contribution in [2.45, 2.75) is 12.5 Å². The summed E-state index contributed by atoms with van der Waals surface area (Å²) in [5, 5.41) is 0. The van der Waals surface area contributed by atoms with E-state index in [1.165, 1.54) is 0 Å². The number of rotatable bonds is 2. The minimum Gasteiger partial charge on any atom is -0.405 e. The predicted molar refractivity (Wildman–Crippen MR) is 42.0 cm³/mol. The Morgan fingerprint density at radius 1 is 1.60 bits per heavy atom. The van der Waals surface area contributed by atoms with Crippen LogP contribution in [0.5, 0.6) is 0 Å². The Balaban J connectivity index is 2.40. The van der Waals surface area contributed by atoms with Crippen molar-refractivity contribution >= 4 is 17.4 Å². The molecule has 10 heavy (non-hydrogen) atoms. The summed E-state index contributed by atoms with van der Waals surface area (Å²) in [5.74, 6) is 0. The molecular weight excluding hydrogens is 143 g/mol. The lowest BCUT2D eigenvalue weighted by atomic mass is 9.78. The molecule has 0 aromatic heterocycles. The monoisotopic (exact) mass is 153 g/mol. The van der Waals surface area contributed by atoms with Crippen LogP contribution in [0, 0.1) is 0 Å². The molecule has 53 valence electrons. The average Bonchev–Trinajstić information content (AvgIpc) is 2.36. The second kappa shape index (κ2) is 3.37. The first-order chi connectivity index (χ1) is 4.72. The van der Waals surface area contributed by atoms with Crippen molar-refractivity contribution in [1.29, 1.82) is 0 Å². The van der Waals surface area contributed by atoms with E-state index in [0.29, 0.717) is 13.2 Å². The number of hydrogen-bond acceptors (Lipinski definition) is 2. The van der Waals surface area contributed by atoms with Gasteiger partial charge in [-0.1, -0.05) is 6.92 Å². The van der Waals surface area contributed by atoms with Crippen molar-refractivity contribution in [2.24, 2.45) is 0 Å². The maximum absolute atomic E-state index is 5.22. The predicted octanol–water partition coefficient (Wildman–Crippen LogP) is 0.594. The van der Waals surface area contributed by atoms with E-state index in [2.05, 4.69) is 16.8 Å². The summed E-state index contributed by atoms with van der Waals surface area (Å²) in [6, 6.07) is 0. The molecule has 1 aliphatic heterocycles. The SMILES string of the molecule is C=C(B1OCCO1)C(C)[Si]. The standard InChI is InChI=1S/C6H10BO2Si/c1-5(6(2)10)7-8-3-4-9-7/h6H,1,3-4H2,2H3. The van der Waals surface area contributed by atoms with Gasteiger partial charge >= 0.3 is 7.12 Å². The zero-order chi connectivity index (χ0) is 7.56. The van der Waals surface area contributed by atoms with Gasteiger partial charge in [0.2, 0.25) is 0 Å². The quantitative estimate of drug-likeness (QED) is 0.540. The topological polar surface area (TPSA) is 18.5 Å². The van der Waals surface area contributed by atoms with Crippen LogP contribution in [-0.4, -0.2) is 30.6 Å². The Kier molecular flexibility index (Phi) is 2.71. The first-order valence-electron chi connectivity index (χ1n) is 3.35. The first kappa shape index (κ1) is 8.04. The Morgan fingerprint density at radius 3 is 2.50 bits per heavy atom. The van der Waals surface area contributed by atoms with Gasteiger partial charge in [-0.2, -0.15) is 0 Å². The Labute approximate surface area is 65.2 Å². The highest BCUT2D eigenvalue weighted by Gasteiger charge is 2.28. The highest BCUT2D eigenvalue weighted by molar-refractivity contribution is 6.56. The summed E-state index contributed by atoms with van der Waals surface area (Å²) < 4.78 is 10.4. The fraction of sp³-hybridized carbons (Fsp3) is 0.667. The molecule has 3 radical (unpaired) electrons. The lowest BCUT2D eigenvalue weighted by Crippen LogP contribution is -2.19. The maximum atomic E-state index is 5.22. The van der Waals surface area contributed by atoms with Gasteiger partial charge in [0.05, 0.1) is 13.2 Å². The van der Waals surface area contributed by atoms with E-state index in [1.54, 1.807) is 0 Å². The third-order valence-electron chi connectivity index (χ3n) is 1.48. The van der Waals surface area contributed by atoms with E-state index >= 15 is 0 Å². The normalized spacial score (nSPS) is 21.2. The smallest absolute Gasteiger partial charge is 0.405 e. The third kappa shape index (κ3) is 1.71. The minimum atomic E-state index is -0.188. The van der Waals surface area contributed by atoms with Crippen LogP contribution >= 0.6 is 0 Å². The van der Waals surface area contributed by atoms with Crippen LogP contribution in [0.15, 0.2) is 12.1 Å². The van der Waals surface area contributed by atoms with Crippen LogP contribution in [0.1, 0.15) is 6.92 Å². The third-order valence-corrected chi connectivity index (χ3v) is 1.85. The number of hydrogen-bond donors (Lipinski definition) is 0. The molecule has 0 amide bonds. The highest BCUT2D eigenvalue weighted by Crippen LogP contribution is 2.17. The fourth-order valence-corrected chi connectivity index (χ4v) is 0.913. The zero-order valence-corrected chi connectivity index (χ0v) is 7.09. The molecule has 0 saturated carbocycles. The second-order valence-corrected chi connectivity index (χ2v) is 3.24. The summed E-state index contributed by atoms with van der Waals surface area (Å²) in [4.78, 5) is 0. The zero-order valence-electron chi connectivity index (χ0n) is 6.09. The van der Waals surface area contributed by atoms with Crippen molar-refractivity contribution < 1.29 is 9.31 Å². The van der Waals surface area contributed by atoms with Crippen molar-refractivity contribution in [3.05, 3.63) is 12.1 Å². The molecule has 1 saturated heterocycles. The number of allylic oxidation sites excluding steroid dienone is 1. The van der Waals surface area contributed by atoms with Crippen molar-refractivity contribution in [2.75, 3.05) is 13.2 Å². The molecule has 1 unspecified atom stereocenters. The average molecular weight is 153 g/mol. The summed E-state index contributed by atoms with van der Waals surface area (Å²) in [5.41, 5.74) is 1.21. The summed E-state index contributed by atoms with van der Waals surface area (Å²) in [7, 11) is 3.25. The largest absolute Gasteiger partial charge is 0.489 e. The highest BCUT2D eigenvalue weighted by atomic mass is 28.1. The molecule has 2 nitrogen and oxygen atoms in total. The van der Waals surface area contributed by atoms with E-state index < -0.39 is 0 Å². The first-order valence-corrected chi connectivity index (χ1v) is 3.92. The van der Waals surface area contributed by atoms with Gasteiger partial charge in [0.1, 0.15) is 0 Å². The summed E-state index contributed by atoms with van der Waals surface area (Å²) in [6.45, 7) is 7.21. The van der Waals surface area contributed by atoms with Crippen LogP contribution in [0.4, 0.5) is 0 Å². The Bertz CT molecular complexity index is 132. The van der Waals surface area contributed by atoms with Crippen molar-refractivity contribution in [3.63, 3.8) is 0 Å². The van der Waals surface area contributed by atoms with Gasteiger partial charge in [0, 0.05) is 10.2 Å². The molecular formula is C6H10BO2Si. The van der Waals surface area contributed by atoms with E-state index in [9.17, 15) is 0 Å². The molecule has 1 fully saturated rings. The maximum Gasteiger partial charge on any atom is 0.489 e. The van der Waals surface area contributed by atoms with Gasteiger partial charge in [0.25, 0.3) is 0 Å². The Hall–Kier alpha value is -0.0582. The second-order valence-electron chi connectivity index (χ2n) is 2.37. The minimum absolute atomic E-state index is 0.188. The molecule has 0 bridgehead atoms. The fourth-order valence-electron chi connectivity index (χ4n) is 0.777. The molecule has 1 heterocycles. The summed E-state index contributed by atoms with van der Waals surface area (Å²) >= 11 is 0. The van der Waals surface area contributed by atoms with E-state index in [1.807, 2.05) is 6.92 Å². The van der Waals surface area contributed by atoms with E-state index in [4.69, 9.17) is 9.31 Å². The molecule has 0 aromatic carbocycles. The van der Waals surface area contributed by atoms with Crippen molar-refractivity contribution in [3.8, 4) is 0 Å². The lowest BCUT2D eigenvalue weighted by molar-refractivity contribution is 0.365. The molecule has 4 heteroatoms. The van der Waals surface area contributed by atoms with Crippen LogP contribution in [-0.2, 0) is 9.31 Å². The van der Waals surface area contributed by atoms with Gasteiger partial charge in [-0.25, -0.2) is 0 Å². The van der Waals surface area contributed by atoms with Crippen LogP contribution < -0.4 is 0 Å². The van der Waals surface area contributed by atoms with Crippen LogP contribution in [0.2, 0.25) is 5.54 Å². The summed E-state index contributed by atoms with van der Waals surface area (Å²) in [6.07, 6.45) is 0. The lowest BCUT2D eigenvalue weighted by Gasteiger charge is -2.10.